The number of carbonyl (C=O) groups excluding carboxylic acids is 1. The third-order valence-electron chi connectivity index (χ3n) is 4.42. The topological polar surface area (TPSA) is 29.5 Å². The molecule has 16 heavy (non-hydrogen) atoms. The number of hydrogen-bond acceptors (Lipinski definition) is 2. The van der Waals surface area contributed by atoms with Crippen LogP contribution < -0.4 is 0 Å². The van der Waals surface area contributed by atoms with Crippen molar-refractivity contribution in [2.75, 3.05) is 20.3 Å². The lowest BCUT2D eigenvalue weighted by molar-refractivity contribution is -0.159. The van der Waals surface area contributed by atoms with Gasteiger partial charge in [0, 0.05) is 25.1 Å². The minimum atomic E-state index is -0.242. The molecule has 0 radical (unpaired) electrons. The molecule has 4 atom stereocenters. The van der Waals surface area contributed by atoms with Gasteiger partial charge in [-0.05, 0) is 12.8 Å². The van der Waals surface area contributed by atoms with Crippen molar-refractivity contribution in [2.45, 2.75) is 6.92 Å². The summed E-state index contributed by atoms with van der Waals surface area (Å²) in [5.41, 5.74) is -0.242. The van der Waals surface area contributed by atoms with Crippen LogP contribution in [0.1, 0.15) is 6.92 Å². The van der Waals surface area contributed by atoms with Crippen molar-refractivity contribution in [2.24, 2.45) is 23.2 Å². The van der Waals surface area contributed by atoms with E-state index in [1.807, 2.05) is 20.2 Å². The minimum Gasteiger partial charge on any atom is -0.380 e. The molecule has 2 fully saturated rings. The number of allylic oxidation sites excluding steroid dienone is 3. The quantitative estimate of drug-likeness (QED) is 0.624. The average molecular weight is 219 g/mol. The van der Waals surface area contributed by atoms with Crippen molar-refractivity contribution < 1.29 is 9.53 Å². The highest BCUT2D eigenvalue weighted by molar-refractivity contribution is 5.87. The first-order chi connectivity index (χ1) is 7.71. The molecule has 3 nitrogen and oxygen atoms in total. The van der Waals surface area contributed by atoms with Crippen molar-refractivity contribution in [1.29, 1.82) is 0 Å². The van der Waals surface area contributed by atoms with Crippen LogP contribution in [0.2, 0.25) is 0 Å². The zero-order valence-corrected chi connectivity index (χ0v) is 9.72. The van der Waals surface area contributed by atoms with Gasteiger partial charge in [0.15, 0.2) is 0 Å². The van der Waals surface area contributed by atoms with E-state index in [4.69, 9.17) is 4.74 Å². The van der Waals surface area contributed by atoms with Crippen molar-refractivity contribution in [3.63, 3.8) is 0 Å². The fourth-order valence-electron chi connectivity index (χ4n) is 3.64. The van der Waals surface area contributed by atoms with Crippen LogP contribution in [-0.2, 0) is 9.53 Å². The van der Waals surface area contributed by atoms with Crippen LogP contribution in [0.5, 0.6) is 0 Å². The van der Waals surface area contributed by atoms with E-state index in [1.54, 1.807) is 4.90 Å². The summed E-state index contributed by atoms with van der Waals surface area (Å²) >= 11 is 0. The van der Waals surface area contributed by atoms with Crippen molar-refractivity contribution in [3.8, 4) is 0 Å². The molecule has 1 saturated carbocycles. The third-order valence-corrected chi connectivity index (χ3v) is 4.42. The van der Waals surface area contributed by atoms with E-state index >= 15 is 0 Å². The molecular formula is C13H17NO2. The molecule has 2 heterocycles. The molecule has 1 saturated heterocycles. The Bertz CT molecular complexity index is 387. The lowest BCUT2D eigenvalue weighted by Crippen LogP contribution is -2.63. The number of carbonyl (C=O) groups is 1. The van der Waals surface area contributed by atoms with Crippen molar-refractivity contribution in [3.05, 3.63) is 24.4 Å². The fraction of sp³-hybridized carbons (Fsp3) is 0.615. The molecule has 3 rings (SSSR count). The van der Waals surface area contributed by atoms with E-state index in [0.29, 0.717) is 24.4 Å². The number of ether oxygens (including phenoxy) is 1. The van der Waals surface area contributed by atoms with Gasteiger partial charge in [-0.15, -0.1) is 0 Å². The van der Waals surface area contributed by atoms with Crippen molar-refractivity contribution in [1.82, 2.24) is 4.90 Å². The zero-order valence-electron chi connectivity index (χ0n) is 9.72. The molecule has 3 heteroatoms. The Morgan fingerprint density at radius 3 is 3.19 bits per heavy atom. The van der Waals surface area contributed by atoms with Gasteiger partial charge in [0.25, 0.3) is 0 Å². The van der Waals surface area contributed by atoms with Gasteiger partial charge in [0.2, 0.25) is 5.91 Å². The summed E-state index contributed by atoms with van der Waals surface area (Å²) in [5, 5.41) is 0. The lowest BCUT2D eigenvalue weighted by Gasteiger charge is -2.56. The molecule has 0 aromatic heterocycles. The maximum Gasteiger partial charge on any atom is 0.235 e. The van der Waals surface area contributed by atoms with E-state index in [9.17, 15) is 4.79 Å². The molecule has 1 aliphatic carbocycles. The first-order valence-corrected chi connectivity index (χ1v) is 5.88. The smallest absolute Gasteiger partial charge is 0.235 e. The summed E-state index contributed by atoms with van der Waals surface area (Å²) in [6.45, 7) is 3.37. The predicted octanol–water partition coefficient (Wildman–Crippen LogP) is 1.43. The minimum absolute atomic E-state index is 0.239. The summed E-state index contributed by atoms with van der Waals surface area (Å²) in [6.07, 6.45) is 8.40. The van der Waals surface area contributed by atoms with Crippen LogP contribution >= 0.6 is 0 Å². The summed E-state index contributed by atoms with van der Waals surface area (Å²) < 4.78 is 5.57. The highest BCUT2D eigenvalue weighted by Gasteiger charge is 2.68. The SMILES string of the molecule is C/C=C/[C@@H]1[C@@H]2C=CN(C)C(=O)[C@@]23COC[C@@H]13. The van der Waals surface area contributed by atoms with Gasteiger partial charge in [-0.2, -0.15) is 0 Å². The first kappa shape index (κ1) is 10.1. The summed E-state index contributed by atoms with van der Waals surface area (Å²) in [5.74, 6) is 1.46. The number of amides is 1. The average Bonchev–Trinajstić information content (AvgIpc) is 2.63. The van der Waals surface area contributed by atoms with Crippen LogP contribution in [-0.4, -0.2) is 31.1 Å². The van der Waals surface area contributed by atoms with E-state index in [2.05, 4.69) is 18.2 Å². The first-order valence-electron chi connectivity index (χ1n) is 5.88. The summed E-state index contributed by atoms with van der Waals surface area (Å²) in [6, 6.07) is 0. The maximum atomic E-state index is 12.3. The second kappa shape index (κ2) is 3.20. The molecule has 1 spiro atoms. The van der Waals surface area contributed by atoms with Crippen LogP contribution in [0, 0.1) is 23.2 Å². The highest BCUT2D eigenvalue weighted by atomic mass is 16.5. The molecule has 0 aromatic rings. The van der Waals surface area contributed by atoms with Crippen LogP contribution in [0.4, 0.5) is 0 Å². The van der Waals surface area contributed by atoms with E-state index in [-0.39, 0.29) is 11.3 Å². The zero-order chi connectivity index (χ0) is 11.3. The van der Waals surface area contributed by atoms with Gasteiger partial charge >= 0.3 is 0 Å². The summed E-state index contributed by atoms with van der Waals surface area (Å²) in [4.78, 5) is 14.0. The van der Waals surface area contributed by atoms with Crippen LogP contribution in [0.15, 0.2) is 24.4 Å². The highest BCUT2D eigenvalue weighted by Crippen LogP contribution is 2.62. The molecule has 3 aliphatic rings. The predicted molar refractivity (Wildman–Crippen MR) is 60.4 cm³/mol. The second-order valence-corrected chi connectivity index (χ2v) is 5.05. The molecular weight excluding hydrogens is 202 g/mol. The Balaban J connectivity index is 2.01. The van der Waals surface area contributed by atoms with Crippen LogP contribution in [0.3, 0.4) is 0 Å². The van der Waals surface area contributed by atoms with Crippen LogP contribution in [0.25, 0.3) is 0 Å². The Labute approximate surface area is 95.8 Å². The molecule has 86 valence electrons. The van der Waals surface area contributed by atoms with Gasteiger partial charge in [0.05, 0.1) is 18.6 Å². The second-order valence-electron chi connectivity index (χ2n) is 5.05. The lowest BCUT2D eigenvalue weighted by atomic mass is 9.46. The molecule has 0 aromatic carbocycles. The number of nitrogens with zero attached hydrogens (tertiary/aromatic N) is 1. The number of hydrogen-bond donors (Lipinski definition) is 0. The third kappa shape index (κ3) is 0.950. The molecule has 0 N–H and O–H groups in total. The summed E-state index contributed by atoms with van der Waals surface area (Å²) in [7, 11) is 1.84. The Kier molecular flexibility index (Phi) is 2.02. The van der Waals surface area contributed by atoms with Gasteiger partial charge in [0.1, 0.15) is 0 Å². The van der Waals surface area contributed by atoms with Crippen molar-refractivity contribution >= 4 is 5.91 Å². The maximum absolute atomic E-state index is 12.3. The molecule has 0 unspecified atom stereocenters. The van der Waals surface area contributed by atoms with E-state index in [1.165, 1.54) is 0 Å². The normalized spacial score (nSPS) is 45.8. The monoisotopic (exact) mass is 219 g/mol. The largest absolute Gasteiger partial charge is 0.380 e. The van der Waals surface area contributed by atoms with Gasteiger partial charge < -0.3 is 9.64 Å². The number of rotatable bonds is 1. The van der Waals surface area contributed by atoms with Gasteiger partial charge in [-0.25, -0.2) is 0 Å². The Morgan fingerprint density at radius 2 is 2.44 bits per heavy atom. The van der Waals surface area contributed by atoms with Gasteiger partial charge in [-0.1, -0.05) is 18.2 Å². The van der Waals surface area contributed by atoms with E-state index < -0.39 is 0 Å². The Morgan fingerprint density at radius 1 is 1.62 bits per heavy atom. The Hall–Kier alpha value is -1.09. The molecule has 2 aliphatic heterocycles. The molecule has 1 amide bonds. The van der Waals surface area contributed by atoms with E-state index in [0.717, 1.165) is 6.61 Å². The standard InChI is InChI=1S/C13H17NO2/c1-3-4-9-10-5-6-14(2)12(15)13(10)8-16-7-11(9)13/h3-6,9-11H,7-8H2,1-2H3/b4-3+/t9-,10+,11+,13+/m1/s1. The molecule has 0 bridgehead atoms. The fourth-order valence-corrected chi connectivity index (χ4v) is 3.64. The van der Waals surface area contributed by atoms with Gasteiger partial charge in [-0.3, -0.25) is 4.79 Å².